The van der Waals surface area contributed by atoms with E-state index < -0.39 is 28.0 Å². The number of methoxy groups -OCH3 is 2. The predicted molar refractivity (Wildman–Crippen MR) is 195 cm³/mol. The van der Waals surface area contributed by atoms with Crippen LogP contribution in [0.15, 0.2) is 109 Å². The smallest absolute Gasteiger partial charge is 0.223 e. The maximum atomic E-state index is 14.3. The number of hydrogen-bond donors (Lipinski definition) is 2. The monoisotopic (exact) mass is 727 g/mol. The Bertz CT molecular complexity index is 1680. The molecular formula is C41H48BrN2O5+. The first-order chi connectivity index (χ1) is 23.5. The van der Waals surface area contributed by atoms with Crippen molar-refractivity contribution in [2.24, 2.45) is 11.8 Å². The van der Waals surface area contributed by atoms with Crippen LogP contribution < -0.4 is 9.47 Å². The summed E-state index contributed by atoms with van der Waals surface area (Å²) < 4.78 is 12.1. The molecule has 1 unspecified atom stereocenters. The topological polar surface area (TPSA) is 79.2 Å². The van der Waals surface area contributed by atoms with Crippen LogP contribution in [-0.4, -0.2) is 78.0 Å². The fraction of sp³-hybridized carbons (Fsp3) is 0.390. The van der Waals surface area contributed by atoms with Crippen LogP contribution in [0.2, 0.25) is 0 Å². The maximum absolute atomic E-state index is 14.3. The molecule has 1 saturated carbocycles. The lowest BCUT2D eigenvalue weighted by Gasteiger charge is -2.55. The molecule has 0 bridgehead atoms. The van der Waals surface area contributed by atoms with E-state index >= 15 is 0 Å². The lowest BCUT2D eigenvalue weighted by Crippen LogP contribution is -2.61. The number of amides is 1. The Morgan fingerprint density at radius 2 is 1.49 bits per heavy atom. The molecule has 0 radical (unpaired) electrons. The second kappa shape index (κ2) is 14.3. The molecule has 1 heterocycles. The van der Waals surface area contributed by atoms with Crippen LogP contribution in [-0.2, 0) is 22.4 Å². The van der Waals surface area contributed by atoms with E-state index in [1.807, 2.05) is 47.4 Å². The Labute approximate surface area is 298 Å². The summed E-state index contributed by atoms with van der Waals surface area (Å²) in [4.78, 5) is 15.8. The molecular weight excluding hydrogens is 680 g/mol. The van der Waals surface area contributed by atoms with Crippen molar-refractivity contribution in [3.05, 3.63) is 131 Å². The van der Waals surface area contributed by atoms with E-state index in [1.165, 1.54) is 5.56 Å². The van der Waals surface area contributed by atoms with Gasteiger partial charge in [-0.05, 0) is 35.7 Å². The first kappa shape index (κ1) is 35.1. The number of ether oxygens (including phenoxy) is 2. The summed E-state index contributed by atoms with van der Waals surface area (Å²) in [6, 6.07) is 36.2. The largest absolute Gasteiger partial charge is 0.497 e. The second-order valence-electron chi connectivity index (χ2n) is 14.3. The Hall–Kier alpha value is -3.69. The number of aliphatic hydroxyl groups excluding tert-OH is 1. The Balaban J connectivity index is 1.40. The average Bonchev–Trinajstić information content (AvgIpc) is 3.48. The minimum atomic E-state index is -1.74. The zero-order valence-electron chi connectivity index (χ0n) is 28.8. The third-order valence-corrected chi connectivity index (χ3v) is 12.0. The predicted octanol–water partition coefficient (Wildman–Crippen LogP) is 6.49. The summed E-state index contributed by atoms with van der Waals surface area (Å²) in [7, 11) is 7.55. The normalized spacial score (nSPS) is 24.7. The zero-order chi connectivity index (χ0) is 34.8. The van der Waals surface area contributed by atoms with Crippen molar-refractivity contribution in [3.8, 4) is 11.5 Å². The Kier molecular flexibility index (Phi) is 10.2. The number of halogens is 1. The number of rotatable bonds is 11. The van der Waals surface area contributed by atoms with Crippen molar-refractivity contribution >= 4 is 21.8 Å². The molecule has 2 N–H and O–H groups in total. The molecule has 7 nitrogen and oxygen atoms in total. The molecule has 1 aliphatic carbocycles. The molecule has 1 saturated heterocycles. The molecule has 0 spiro atoms. The van der Waals surface area contributed by atoms with Gasteiger partial charge in [-0.25, -0.2) is 0 Å². The molecule has 4 aromatic carbocycles. The first-order valence-corrected chi connectivity index (χ1v) is 18.0. The summed E-state index contributed by atoms with van der Waals surface area (Å²) in [6.07, 6.45) is 0.143. The summed E-state index contributed by atoms with van der Waals surface area (Å²) in [6.45, 7) is 1.99. The number of alkyl halides is 1. The molecule has 2 aliphatic rings. The van der Waals surface area contributed by atoms with Gasteiger partial charge in [-0.1, -0.05) is 107 Å². The van der Waals surface area contributed by atoms with Crippen molar-refractivity contribution < 1.29 is 29.0 Å². The minimum absolute atomic E-state index is 0.0282. The molecule has 0 aromatic heterocycles. The van der Waals surface area contributed by atoms with Gasteiger partial charge in [0, 0.05) is 47.8 Å². The van der Waals surface area contributed by atoms with Crippen LogP contribution in [0.25, 0.3) is 0 Å². The number of likely N-dealkylation sites (tertiary alicyclic amines) is 1. The van der Waals surface area contributed by atoms with Crippen molar-refractivity contribution in [2.45, 2.75) is 47.9 Å². The standard InChI is InChI=1S/C41H48BrN2O5/c1-44(2,28-29-15-8-5-9-16-29)24-14-21-37(46)43-27-34-38(39(43)42)40(30-17-10-6-11-18-30,31-19-12-7-13-20-31)26-36(45)41(34,47)33-25-32(48-3)22-23-35(33)49-4/h5-13,15-20,22-23,25,34,36,38-39,45,47H,14,21,24,26-28H2,1-4H3/q+1/t34-,36+,38-,39?,41-/m0/s1. The van der Waals surface area contributed by atoms with E-state index in [2.05, 4.69) is 78.6 Å². The fourth-order valence-electron chi connectivity index (χ4n) is 8.61. The van der Waals surface area contributed by atoms with Gasteiger partial charge in [0.25, 0.3) is 0 Å². The van der Waals surface area contributed by atoms with Gasteiger partial charge >= 0.3 is 0 Å². The molecule has 1 amide bonds. The van der Waals surface area contributed by atoms with Crippen LogP contribution in [0, 0.1) is 11.8 Å². The third kappa shape index (κ3) is 6.52. The summed E-state index contributed by atoms with van der Waals surface area (Å²) in [5.74, 6) is 0.170. The van der Waals surface area contributed by atoms with Gasteiger partial charge in [-0.2, -0.15) is 0 Å². The fourth-order valence-corrected chi connectivity index (χ4v) is 9.82. The summed E-state index contributed by atoms with van der Waals surface area (Å²) in [5.41, 5.74) is 1.34. The number of carbonyl (C=O) groups excluding carboxylic acids is 1. The molecule has 8 heteroatoms. The molecule has 5 atom stereocenters. The van der Waals surface area contributed by atoms with Gasteiger partial charge in [0.2, 0.25) is 5.91 Å². The average molecular weight is 729 g/mol. The SMILES string of the molecule is COc1ccc(OC)c([C@@]2(O)[C@H](O)CC(c3ccccc3)(c3ccccc3)[C@@H]3C(Br)N(C(=O)CCC[N+](C)(C)Cc4ccccc4)C[C@@H]32)c1. The van der Waals surface area contributed by atoms with E-state index in [9.17, 15) is 15.0 Å². The Morgan fingerprint density at radius 3 is 2.06 bits per heavy atom. The number of nitrogens with zero attached hydrogens (tertiary/aromatic N) is 2. The van der Waals surface area contributed by atoms with Gasteiger partial charge in [-0.15, -0.1) is 0 Å². The van der Waals surface area contributed by atoms with E-state index in [0.717, 1.165) is 35.1 Å². The van der Waals surface area contributed by atoms with Gasteiger partial charge in [0.05, 0.1) is 45.9 Å². The third-order valence-electron chi connectivity index (χ3n) is 10.9. The highest BCUT2D eigenvalue weighted by molar-refractivity contribution is 9.09. The van der Waals surface area contributed by atoms with Crippen LogP contribution >= 0.6 is 15.9 Å². The number of hydrogen-bond acceptors (Lipinski definition) is 5. The highest BCUT2D eigenvalue weighted by atomic mass is 79.9. The van der Waals surface area contributed by atoms with Crippen LogP contribution in [0.3, 0.4) is 0 Å². The number of carbonyl (C=O) groups is 1. The van der Waals surface area contributed by atoms with E-state index in [1.54, 1.807) is 32.4 Å². The van der Waals surface area contributed by atoms with Crippen LogP contribution in [0.1, 0.15) is 41.5 Å². The van der Waals surface area contributed by atoms with Crippen LogP contribution in [0.5, 0.6) is 11.5 Å². The van der Waals surface area contributed by atoms with E-state index in [-0.39, 0.29) is 24.8 Å². The molecule has 49 heavy (non-hydrogen) atoms. The van der Waals surface area contributed by atoms with Crippen molar-refractivity contribution in [2.75, 3.05) is 41.4 Å². The lowest BCUT2D eigenvalue weighted by atomic mass is 9.51. The molecule has 4 aromatic rings. The molecule has 2 fully saturated rings. The number of benzene rings is 4. The molecule has 1 aliphatic heterocycles. The van der Waals surface area contributed by atoms with Crippen molar-refractivity contribution in [1.29, 1.82) is 0 Å². The zero-order valence-corrected chi connectivity index (χ0v) is 30.4. The second-order valence-corrected chi connectivity index (χ2v) is 15.2. The lowest BCUT2D eigenvalue weighted by molar-refractivity contribution is -0.903. The van der Waals surface area contributed by atoms with E-state index in [4.69, 9.17) is 9.47 Å². The van der Waals surface area contributed by atoms with Crippen LogP contribution in [0.4, 0.5) is 0 Å². The summed E-state index contributed by atoms with van der Waals surface area (Å²) >= 11 is 4.05. The highest BCUT2D eigenvalue weighted by Gasteiger charge is 2.67. The highest BCUT2D eigenvalue weighted by Crippen LogP contribution is 2.63. The molecule has 6 rings (SSSR count). The summed E-state index contributed by atoms with van der Waals surface area (Å²) in [5, 5.41) is 25.4. The van der Waals surface area contributed by atoms with Gasteiger partial charge in [0.1, 0.15) is 23.6 Å². The van der Waals surface area contributed by atoms with Gasteiger partial charge in [0.15, 0.2) is 0 Å². The first-order valence-electron chi connectivity index (χ1n) is 17.1. The van der Waals surface area contributed by atoms with Crippen molar-refractivity contribution in [1.82, 2.24) is 4.90 Å². The van der Waals surface area contributed by atoms with Crippen molar-refractivity contribution in [3.63, 3.8) is 0 Å². The minimum Gasteiger partial charge on any atom is -0.497 e. The number of aliphatic hydroxyl groups is 2. The maximum Gasteiger partial charge on any atom is 0.223 e. The Morgan fingerprint density at radius 1 is 0.898 bits per heavy atom. The van der Waals surface area contributed by atoms with E-state index in [0.29, 0.717) is 23.5 Å². The molecule has 258 valence electrons. The quantitative estimate of drug-likeness (QED) is 0.105. The number of fused-ring (bicyclic) bond motifs is 1. The van der Waals surface area contributed by atoms with Gasteiger partial charge < -0.3 is 29.1 Å². The van der Waals surface area contributed by atoms with Gasteiger partial charge in [-0.3, -0.25) is 4.79 Å². The number of quaternary nitrogens is 1.